The maximum atomic E-state index is 13.4. The van der Waals surface area contributed by atoms with Crippen LogP contribution < -0.4 is 14.4 Å². The summed E-state index contributed by atoms with van der Waals surface area (Å²) in [6.45, 7) is 0.0773. The smallest absolute Gasteiger partial charge is 0.264 e. The molecule has 0 radical (unpaired) electrons. The number of sulfonamides is 1. The maximum absolute atomic E-state index is 13.4. The first-order valence-corrected chi connectivity index (χ1v) is 13.2. The maximum Gasteiger partial charge on any atom is 0.264 e. The van der Waals surface area contributed by atoms with Crippen LogP contribution in [0.1, 0.15) is 32.1 Å². The molecule has 2 aromatic carbocycles. The van der Waals surface area contributed by atoms with E-state index in [2.05, 4.69) is 5.32 Å². The molecule has 2 aromatic rings. The van der Waals surface area contributed by atoms with E-state index in [4.69, 9.17) is 4.74 Å². The van der Waals surface area contributed by atoms with E-state index in [1.807, 2.05) is 11.8 Å². The summed E-state index contributed by atoms with van der Waals surface area (Å²) in [5, 5.41) is 3.46. The van der Waals surface area contributed by atoms with Gasteiger partial charge >= 0.3 is 0 Å². The summed E-state index contributed by atoms with van der Waals surface area (Å²) >= 11 is 1.86. The van der Waals surface area contributed by atoms with Crippen molar-refractivity contribution in [3.05, 3.63) is 54.3 Å². The molecule has 1 amide bonds. The van der Waals surface area contributed by atoms with Crippen LogP contribution in [0.25, 0.3) is 0 Å². The van der Waals surface area contributed by atoms with Crippen LogP contribution in [-0.4, -0.2) is 45.5 Å². The summed E-state index contributed by atoms with van der Waals surface area (Å²) in [6, 6.07) is 11.0. The fraction of sp³-hybridized carbons (Fsp3) is 0.435. The zero-order chi connectivity index (χ0) is 23.0. The van der Waals surface area contributed by atoms with Gasteiger partial charge in [0.25, 0.3) is 10.0 Å². The fourth-order valence-electron chi connectivity index (χ4n) is 3.63. The molecule has 0 bridgehead atoms. The largest absolute Gasteiger partial charge is 0.497 e. The zero-order valence-electron chi connectivity index (χ0n) is 18.1. The Morgan fingerprint density at radius 2 is 1.75 bits per heavy atom. The average molecular weight is 481 g/mol. The molecule has 1 aliphatic carbocycles. The van der Waals surface area contributed by atoms with Crippen LogP contribution in [0.3, 0.4) is 0 Å². The molecule has 0 spiro atoms. The van der Waals surface area contributed by atoms with Gasteiger partial charge in [-0.25, -0.2) is 12.8 Å². The third-order valence-corrected chi connectivity index (χ3v) is 8.55. The summed E-state index contributed by atoms with van der Waals surface area (Å²) in [5.41, 5.74) is 0.217. The van der Waals surface area contributed by atoms with Crippen molar-refractivity contribution in [1.82, 2.24) is 5.32 Å². The highest BCUT2D eigenvalue weighted by Crippen LogP contribution is 2.28. The van der Waals surface area contributed by atoms with Gasteiger partial charge in [0.1, 0.15) is 18.1 Å². The van der Waals surface area contributed by atoms with E-state index in [-0.39, 0.29) is 10.6 Å². The molecule has 0 aliphatic heterocycles. The second-order valence-corrected chi connectivity index (χ2v) is 10.9. The van der Waals surface area contributed by atoms with E-state index in [0.29, 0.717) is 17.5 Å². The quantitative estimate of drug-likeness (QED) is 0.516. The van der Waals surface area contributed by atoms with Crippen molar-refractivity contribution in [2.45, 2.75) is 42.2 Å². The van der Waals surface area contributed by atoms with Gasteiger partial charge in [-0.2, -0.15) is 11.8 Å². The summed E-state index contributed by atoms with van der Waals surface area (Å²) in [4.78, 5) is 12.6. The number of amides is 1. The Labute approximate surface area is 193 Å². The van der Waals surface area contributed by atoms with E-state index >= 15 is 0 Å². The van der Waals surface area contributed by atoms with E-state index in [1.54, 1.807) is 0 Å². The average Bonchev–Trinajstić information content (AvgIpc) is 2.81. The van der Waals surface area contributed by atoms with Crippen LogP contribution in [0, 0.1) is 5.82 Å². The van der Waals surface area contributed by atoms with Crippen molar-refractivity contribution in [2.24, 2.45) is 0 Å². The van der Waals surface area contributed by atoms with Gasteiger partial charge in [-0.05, 0) is 61.4 Å². The first kappa shape index (κ1) is 24.4. The molecule has 9 heteroatoms. The minimum absolute atomic E-state index is 0.0169. The van der Waals surface area contributed by atoms with Crippen molar-refractivity contribution in [1.29, 1.82) is 0 Å². The molecule has 1 fully saturated rings. The highest BCUT2D eigenvalue weighted by molar-refractivity contribution is 7.99. The van der Waals surface area contributed by atoms with Gasteiger partial charge in [0.15, 0.2) is 0 Å². The number of ether oxygens (including phenoxy) is 1. The third-order valence-electron chi connectivity index (χ3n) is 5.38. The number of carbonyl (C=O) groups excluding carboxylic acids is 1. The fourth-order valence-corrected chi connectivity index (χ4v) is 6.27. The van der Waals surface area contributed by atoms with Gasteiger partial charge in [0, 0.05) is 17.5 Å². The van der Waals surface area contributed by atoms with Crippen LogP contribution in [0.15, 0.2) is 53.4 Å². The molecule has 0 saturated heterocycles. The van der Waals surface area contributed by atoms with Crippen molar-refractivity contribution in [3.63, 3.8) is 0 Å². The van der Waals surface area contributed by atoms with Gasteiger partial charge in [-0.15, -0.1) is 0 Å². The van der Waals surface area contributed by atoms with Gasteiger partial charge < -0.3 is 10.1 Å². The first-order chi connectivity index (χ1) is 15.4. The van der Waals surface area contributed by atoms with Crippen molar-refractivity contribution in [2.75, 3.05) is 30.3 Å². The van der Waals surface area contributed by atoms with Gasteiger partial charge in [0.05, 0.1) is 17.7 Å². The van der Waals surface area contributed by atoms with E-state index in [0.717, 1.165) is 10.1 Å². The summed E-state index contributed by atoms with van der Waals surface area (Å²) in [5.74, 6) is 0.416. The predicted octanol–water partition coefficient (Wildman–Crippen LogP) is 4.21. The molecule has 0 unspecified atom stereocenters. The number of carbonyl (C=O) groups is 1. The van der Waals surface area contributed by atoms with Crippen LogP contribution in [0.4, 0.5) is 10.1 Å². The lowest BCUT2D eigenvalue weighted by Crippen LogP contribution is -2.41. The molecule has 1 saturated carbocycles. The number of nitrogens with one attached hydrogen (secondary N) is 1. The number of methoxy groups -OCH3 is 1. The molecular weight excluding hydrogens is 451 g/mol. The lowest BCUT2D eigenvalue weighted by Gasteiger charge is -2.24. The van der Waals surface area contributed by atoms with Gasteiger partial charge in [-0.1, -0.05) is 19.3 Å². The second kappa shape index (κ2) is 11.6. The highest BCUT2D eigenvalue weighted by Gasteiger charge is 2.27. The van der Waals surface area contributed by atoms with E-state index in [9.17, 15) is 17.6 Å². The number of halogens is 1. The number of rotatable bonds is 10. The minimum atomic E-state index is -4.05. The Balaban J connectivity index is 1.68. The number of thioether (sulfide) groups is 1. The molecular formula is C23H29FN2O4S2. The normalized spacial score (nSPS) is 14.7. The van der Waals surface area contributed by atoms with Gasteiger partial charge in [-0.3, -0.25) is 9.10 Å². The van der Waals surface area contributed by atoms with Crippen molar-refractivity contribution >= 4 is 33.4 Å². The van der Waals surface area contributed by atoms with E-state index in [1.165, 1.54) is 87.7 Å². The molecule has 1 N–H and O–H groups in total. The summed E-state index contributed by atoms with van der Waals surface area (Å²) < 4.78 is 46.1. The zero-order valence-corrected chi connectivity index (χ0v) is 19.8. The molecule has 0 aromatic heterocycles. The predicted molar refractivity (Wildman–Crippen MR) is 126 cm³/mol. The topological polar surface area (TPSA) is 75.7 Å². The Bertz CT molecular complexity index is 976. The number of hydrogen-bond donors (Lipinski definition) is 1. The third kappa shape index (κ3) is 6.62. The number of hydrogen-bond acceptors (Lipinski definition) is 5. The Morgan fingerprint density at radius 3 is 2.38 bits per heavy atom. The molecule has 3 rings (SSSR count). The van der Waals surface area contributed by atoms with Crippen LogP contribution in [0.2, 0.25) is 0 Å². The molecule has 174 valence electrons. The first-order valence-electron chi connectivity index (χ1n) is 10.7. The Morgan fingerprint density at radius 1 is 1.09 bits per heavy atom. The highest BCUT2D eigenvalue weighted by atomic mass is 32.2. The van der Waals surface area contributed by atoms with Crippen LogP contribution >= 0.6 is 11.8 Å². The minimum Gasteiger partial charge on any atom is -0.497 e. The second-order valence-electron chi connectivity index (χ2n) is 7.64. The standard InChI is InChI=1S/C23H29FN2O4S2/c1-30-20-11-13-22(14-12-20)32(28,29)26(19-9-7-18(24)8-10-19)17-23(27)25-15-16-31-21-5-3-2-4-6-21/h7-14,21H,2-6,15-17H2,1H3,(H,25,27). The molecule has 6 nitrogen and oxygen atoms in total. The SMILES string of the molecule is COc1ccc(S(=O)(=O)N(CC(=O)NCCSC2CCCCC2)c2ccc(F)cc2)cc1. The Hall–Kier alpha value is -2.26. The van der Waals surface area contributed by atoms with Crippen molar-refractivity contribution in [3.8, 4) is 5.75 Å². The van der Waals surface area contributed by atoms with Crippen molar-refractivity contribution < 1.29 is 22.3 Å². The molecule has 0 atom stereocenters. The van der Waals surface area contributed by atoms with Crippen LogP contribution in [0.5, 0.6) is 5.75 Å². The molecule has 32 heavy (non-hydrogen) atoms. The Kier molecular flexibility index (Phi) is 8.81. The van der Waals surface area contributed by atoms with Crippen LogP contribution in [-0.2, 0) is 14.8 Å². The lowest BCUT2D eigenvalue weighted by atomic mass is 10.0. The molecule has 1 aliphatic rings. The summed E-state index contributed by atoms with van der Waals surface area (Å²) in [7, 11) is -2.55. The lowest BCUT2D eigenvalue weighted by molar-refractivity contribution is -0.119. The number of anilines is 1. The number of benzene rings is 2. The van der Waals surface area contributed by atoms with E-state index < -0.39 is 28.3 Å². The molecule has 0 heterocycles. The monoisotopic (exact) mass is 480 g/mol. The number of nitrogens with zero attached hydrogens (tertiary/aromatic N) is 1. The summed E-state index contributed by atoms with van der Waals surface area (Å²) in [6.07, 6.45) is 6.27. The van der Waals surface area contributed by atoms with Gasteiger partial charge in [0.2, 0.25) is 5.91 Å².